The van der Waals surface area contributed by atoms with E-state index in [0.29, 0.717) is 18.8 Å². The summed E-state index contributed by atoms with van der Waals surface area (Å²) in [5.41, 5.74) is 4.02. The zero-order valence-electron chi connectivity index (χ0n) is 17.4. The molecule has 7 heteroatoms. The molecular formula is C24H23FN4O2. The van der Waals surface area contributed by atoms with Gasteiger partial charge in [0.15, 0.2) is 0 Å². The van der Waals surface area contributed by atoms with Crippen LogP contribution in [0.25, 0.3) is 5.69 Å². The average molecular weight is 418 g/mol. The van der Waals surface area contributed by atoms with Crippen LogP contribution >= 0.6 is 0 Å². The minimum absolute atomic E-state index is 0.135. The number of nitrogens with zero attached hydrogens (tertiary/aromatic N) is 3. The molecule has 0 atom stereocenters. The van der Waals surface area contributed by atoms with Gasteiger partial charge in [-0.3, -0.25) is 4.79 Å². The first-order valence-corrected chi connectivity index (χ1v) is 9.89. The van der Waals surface area contributed by atoms with Crippen molar-refractivity contribution in [3.05, 3.63) is 106 Å². The van der Waals surface area contributed by atoms with E-state index in [9.17, 15) is 9.18 Å². The average Bonchev–Trinajstić information content (AvgIpc) is 3.21. The molecule has 4 aromatic rings. The maximum atomic E-state index is 13.1. The van der Waals surface area contributed by atoms with Crippen LogP contribution in [0.2, 0.25) is 0 Å². The van der Waals surface area contributed by atoms with Crippen molar-refractivity contribution in [2.45, 2.75) is 20.0 Å². The monoisotopic (exact) mass is 418 g/mol. The van der Waals surface area contributed by atoms with Gasteiger partial charge in [0.1, 0.15) is 17.3 Å². The van der Waals surface area contributed by atoms with Crippen LogP contribution in [-0.4, -0.2) is 21.2 Å². The second-order valence-corrected chi connectivity index (χ2v) is 7.26. The van der Waals surface area contributed by atoms with Crippen molar-refractivity contribution in [1.82, 2.24) is 14.1 Å². The lowest BCUT2D eigenvalue weighted by Crippen LogP contribution is -2.23. The summed E-state index contributed by atoms with van der Waals surface area (Å²) in [4.78, 5) is 17.1. The van der Waals surface area contributed by atoms with Gasteiger partial charge in [-0.1, -0.05) is 18.2 Å². The van der Waals surface area contributed by atoms with Crippen molar-refractivity contribution in [3.8, 4) is 11.4 Å². The lowest BCUT2D eigenvalue weighted by Gasteiger charge is -2.13. The summed E-state index contributed by atoms with van der Waals surface area (Å²) in [7, 11) is 1.63. The van der Waals surface area contributed by atoms with E-state index >= 15 is 0 Å². The predicted molar refractivity (Wildman–Crippen MR) is 118 cm³/mol. The second kappa shape index (κ2) is 8.87. The molecule has 2 aromatic carbocycles. The minimum Gasteiger partial charge on any atom is -0.495 e. The van der Waals surface area contributed by atoms with Crippen LogP contribution in [0.5, 0.6) is 5.75 Å². The summed E-state index contributed by atoms with van der Waals surface area (Å²) in [6.07, 6.45) is 5.41. The number of nitrogens with one attached hydrogen (secondary N) is 1. The van der Waals surface area contributed by atoms with Crippen LogP contribution in [-0.2, 0) is 13.1 Å². The van der Waals surface area contributed by atoms with Crippen molar-refractivity contribution >= 4 is 5.69 Å². The molecule has 1 N–H and O–H groups in total. The number of aryl methyl sites for hydroxylation is 1. The van der Waals surface area contributed by atoms with Gasteiger partial charge in [-0.05, 0) is 54.4 Å². The third kappa shape index (κ3) is 4.66. The van der Waals surface area contributed by atoms with Crippen LogP contribution in [0.15, 0.2) is 78.1 Å². The number of benzene rings is 2. The largest absolute Gasteiger partial charge is 0.495 e. The molecular weight excluding hydrogens is 395 g/mol. The fraction of sp³-hybridized carbons (Fsp3) is 0.167. The molecule has 2 heterocycles. The number of hydrogen-bond acceptors (Lipinski definition) is 4. The maximum Gasteiger partial charge on any atom is 0.274 e. The van der Waals surface area contributed by atoms with E-state index in [1.807, 2.05) is 42.0 Å². The number of halogens is 1. The second-order valence-electron chi connectivity index (χ2n) is 7.26. The molecule has 31 heavy (non-hydrogen) atoms. The van der Waals surface area contributed by atoms with Crippen LogP contribution in [0.1, 0.15) is 16.8 Å². The van der Waals surface area contributed by atoms with E-state index in [4.69, 9.17) is 4.74 Å². The van der Waals surface area contributed by atoms with Gasteiger partial charge in [-0.15, -0.1) is 0 Å². The first-order chi connectivity index (χ1) is 15.0. The first-order valence-electron chi connectivity index (χ1n) is 9.89. The minimum atomic E-state index is -0.295. The van der Waals surface area contributed by atoms with Crippen LogP contribution in [0, 0.1) is 12.7 Å². The summed E-state index contributed by atoms with van der Waals surface area (Å²) in [6, 6.07) is 15.6. The Morgan fingerprint density at radius 2 is 1.87 bits per heavy atom. The molecule has 0 saturated carbocycles. The van der Waals surface area contributed by atoms with E-state index in [-0.39, 0.29) is 11.4 Å². The number of imidazole rings is 1. The molecule has 0 saturated heterocycles. The number of methoxy groups -OCH3 is 1. The van der Waals surface area contributed by atoms with Gasteiger partial charge in [-0.25, -0.2) is 9.37 Å². The molecule has 4 rings (SSSR count). The van der Waals surface area contributed by atoms with Gasteiger partial charge in [0.05, 0.1) is 31.4 Å². The predicted octanol–water partition coefficient (Wildman–Crippen LogP) is 4.15. The summed E-state index contributed by atoms with van der Waals surface area (Å²) in [5, 5.41) is 3.21. The zero-order chi connectivity index (χ0) is 21.8. The Bertz CT molecular complexity index is 1250. The van der Waals surface area contributed by atoms with Crippen molar-refractivity contribution in [2.24, 2.45) is 0 Å². The van der Waals surface area contributed by atoms with Crippen molar-refractivity contribution in [2.75, 3.05) is 12.4 Å². The fourth-order valence-corrected chi connectivity index (χ4v) is 3.38. The Morgan fingerprint density at radius 1 is 1.10 bits per heavy atom. The summed E-state index contributed by atoms with van der Waals surface area (Å²) >= 11 is 0. The van der Waals surface area contributed by atoms with E-state index in [2.05, 4.69) is 10.3 Å². The van der Waals surface area contributed by atoms with Gasteiger partial charge in [0.25, 0.3) is 5.56 Å². The Hall–Kier alpha value is -3.87. The normalized spacial score (nSPS) is 10.8. The number of ether oxygens (including phenoxy) is 1. The number of aromatic nitrogens is 3. The van der Waals surface area contributed by atoms with Crippen LogP contribution < -0.4 is 15.6 Å². The number of hydrogen-bond donors (Lipinski definition) is 1. The van der Waals surface area contributed by atoms with Crippen molar-refractivity contribution < 1.29 is 9.13 Å². The third-order valence-electron chi connectivity index (χ3n) is 5.00. The van der Waals surface area contributed by atoms with Crippen LogP contribution in [0.3, 0.4) is 0 Å². The smallest absolute Gasteiger partial charge is 0.274 e. The van der Waals surface area contributed by atoms with Gasteiger partial charge in [-0.2, -0.15) is 0 Å². The number of rotatable bonds is 7. The highest BCUT2D eigenvalue weighted by Crippen LogP contribution is 2.25. The Labute approximate surface area is 179 Å². The molecule has 0 radical (unpaired) electrons. The molecule has 0 bridgehead atoms. The van der Waals surface area contributed by atoms with Gasteiger partial charge < -0.3 is 19.2 Å². The molecule has 0 fully saturated rings. The standard InChI is InChI=1S/C24H23FN4O2/c1-17-14-29(16-27-17)22-10-7-19(12-23(22)31-2)13-26-21-4-3-11-28(24(21)30)15-18-5-8-20(25)9-6-18/h3-12,14,16,26H,13,15H2,1-2H3. The summed E-state index contributed by atoms with van der Waals surface area (Å²) in [5.74, 6) is 0.426. The van der Waals surface area contributed by atoms with E-state index in [1.165, 1.54) is 12.1 Å². The Morgan fingerprint density at radius 3 is 2.58 bits per heavy atom. The molecule has 0 unspecified atom stereocenters. The highest BCUT2D eigenvalue weighted by molar-refractivity contribution is 5.50. The molecule has 0 aliphatic heterocycles. The molecule has 0 aliphatic carbocycles. The van der Waals surface area contributed by atoms with Gasteiger partial charge in [0, 0.05) is 18.9 Å². The lowest BCUT2D eigenvalue weighted by atomic mass is 10.1. The highest BCUT2D eigenvalue weighted by atomic mass is 19.1. The van der Waals surface area contributed by atoms with Crippen LogP contribution in [0.4, 0.5) is 10.1 Å². The first kappa shape index (κ1) is 20.4. The number of anilines is 1. The lowest BCUT2D eigenvalue weighted by molar-refractivity contribution is 0.412. The van der Waals surface area contributed by atoms with Crippen molar-refractivity contribution in [1.29, 1.82) is 0 Å². The maximum absolute atomic E-state index is 13.1. The molecule has 0 spiro atoms. The zero-order valence-corrected chi connectivity index (χ0v) is 17.4. The number of pyridine rings is 1. The molecule has 6 nitrogen and oxygen atoms in total. The SMILES string of the molecule is COc1cc(CNc2cccn(Cc3ccc(F)cc3)c2=O)ccc1-n1cnc(C)c1. The van der Waals surface area contributed by atoms with E-state index in [0.717, 1.165) is 28.3 Å². The third-order valence-corrected chi connectivity index (χ3v) is 5.00. The molecule has 158 valence electrons. The molecule has 0 amide bonds. The Balaban J connectivity index is 1.50. The van der Waals surface area contributed by atoms with Gasteiger partial charge in [0.2, 0.25) is 0 Å². The summed E-state index contributed by atoms with van der Waals surface area (Å²) < 4.78 is 22.2. The van der Waals surface area contributed by atoms with Crippen molar-refractivity contribution in [3.63, 3.8) is 0 Å². The summed E-state index contributed by atoms with van der Waals surface area (Å²) in [6.45, 7) is 2.78. The van der Waals surface area contributed by atoms with Gasteiger partial charge >= 0.3 is 0 Å². The van der Waals surface area contributed by atoms with E-state index in [1.54, 1.807) is 42.4 Å². The fourth-order valence-electron chi connectivity index (χ4n) is 3.38. The molecule has 0 aliphatic rings. The molecule has 2 aromatic heterocycles. The Kier molecular flexibility index (Phi) is 5.84. The quantitative estimate of drug-likeness (QED) is 0.490. The topological polar surface area (TPSA) is 61.1 Å². The van der Waals surface area contributed by atoms with E-state index < -0.39 is 0 Å². The highest BCUT2D eigenvalue weighted by Gasteiger charge is 2.09.